The summed E-state index contributed by atoms with van der Waals surface area (Å²) in [5.74, 6) is 0. The van der Waals surface area contributed by atoms with Gasteiger partial charge in [0.25, 0.3) is 0 Å². The predicted molar refractivity (Wildman–Crippen MR) is 42.6 cm³/mol. The molecule has 1 rings (SSSR count). The Hall–Kier alpha value is -1.16. The molecule has 0 radical (unpaired) electrons. The summed E-state index contributed by atoms with van der Waals surface area (Å²) in [4.78, 5) is 2.02. The molecule has 1 heteroatoms. The van der Waals surface area contributed by atoms with Crippen LogP contribution in [0.1, 0.15) is 6.92 Å². The van der Waals surface area contributed by atoms with Crippen molar-refractivity contribution in [1.29, 1.82) is 0 Å². The average molecular weight is 133 g/mol. The van der Waals surface area contributed by atoms with Gasteiger partial charge in [0, 0.05) is 14.1 Å². The largest absolute Gasteiger partial charge is 0.371 e. The summed E-state index contributed by atoms with van der Waals surface area (Å²) in [5, 5.41) is 0. The molecule has 0 aliphatic heterocycles. The highest BCUT2D eigenvalue weighted by Crippen LogP contribution is 2.06. The van der Waals surface area contributed by atoms with Crippen LogP contribution in [-0.2, 0) is 0 Å². The Morgan fingerprint density at radius 1 is 1.40 bits per heavy atom. The van der Waals surface area contributed by atoms with Gasteiger partial charge in [-0.25, -0.2) is 0 Å². The molecule has 0 amide bonds. The third-order valence-corrected chi connectivity index (χ3v) is 1.35. The molecular weight excluding hydrogens is 122 g/mol. The van der Waals surface area contributed by atoms with E-state index < -0.39 is 0 Å². The Labute approximate surface area is 61.7 Å². The maximum atomic E-state index is 3.01. The van der Waals surface area contributed by atoms with Crippen LogP contribution in [0.25, 0.3) is 0 Å². The highest BCUT2D eigenvalue weighted by Gasteiger charge is 1.95. The molecule has 1 aliphatic carbocycles. The average Bonchev–Trinajstić information content (AvgIpc) is 1.88. The molecule has 1 aliphatic rings. The van der Waals surface area contributed by atoms with Crippen molar-refractivity contribution >= 4 is 0 Å². The second-order valence-electron chi connectivity index (χ2n) is 2.58. The van der Waals surface area contributed by atoms with Crippen LogP contribution in [0.15, 0.2) is 34.9 Å². The minimum atomic E-state index is 1.08. The Kier molecular flexibility index (Phi) is 1.82. The van der Waals surface area contributed by atoms with Crippen molar-refractivity contribution in [2.45, 2.75) is 6.92 Å². The van der Waals surface area contributed by atoms with E-state index in [1.165, 1.54) is 5.57 Å². The van der Waals surface area contributed by atoms with Gasteiger partial charge in [-0.2, -0.15) is 0 Å². The van der Waals surface area contributed by atoms with Crippen LogP contribution in [0.4, 0.5) is 0 Å². The monoisotopic (exact) mass is 133 g/mol. The van der Waals surface area contributed by atoms with Gasteiger partial charge in [-0.15, -0.1) is 0 Å². The standard InChI is InChI=1S/C9H11N/c1-8-5-4-6-9(7-8)10(2)3/h5,7H,1-3H3. The summed E-state index contributed by atoms with van der Waals surface area (Å²) in [6.07, 6.45) is 4.00. The van der Waals surface area contributed by atoms with E-state index in [4.69, 9.17) is 0 Å². The zero-order valence-electron chi connectivity index (χ0n) is 6.60. The SMILES string of the molecule is CC1=CC(N(C)C)=C=C=C1. The zero-order valence-corrected chi connectivity index (χ0v) is 6.60. The zero-order chi connectivity index (χ0) is 7.56. The first-order valence-electron chi connectivity index (χ1n) is 3.27. The molecule has 0 aromatic rings. The van der Waals surface area contributed by atoms with Crippen molar-refractivity contribution in [3.05, 3.63) is 34.9 Å². The molecule has 0 aromatic carbocycles. The molecule has 0 unspecified atom stereocenters. The van der Waals surface area contributed by atoms with Gasteiger partial charge >= 0.3 is 0 Å². The molecule has 0 spiro atoms. The van der Waals surface area contributed by atoms with Crippen LogP contribution in [-0.4, -0.2) is 19.0 Å². The highest BCUT2D eigenvalue weighted by molar-refractivity contribution is 5.30. The Morgan fingerprint density at radius 3 is 2.50 bits per heavy atom. The number of nitrogens with zero attached hydrogens (tertiary/aromatic N) is 1. The van der Waals surface area contributed by atoms with Crippen LogP contribution < -0.4 is 0 Å². The Balaban J connectivity index is 2.99. The lowest BCUT2D eigenvalue weighted by molar-refractivity contribution is 0.530. The topological polar surface area (TPSA) is 3.24 Å². The van der Waals surface area contributed by atoms with E-state index in [2.05, 4.69) is 24.5 Å². The second kappa shape index (κ2) is 2.62. The van der Waals surface area contributed by atoms with E-state index in [0.717, 1.165) is 5.70 Å². The van der Waals surface area contributed by atoms with Gasteiger partial charge in [-0.1, -0.05) is 5.73 Å². The van der Waals surface area contributed by atoms with E-state index in [0.29, 0.717) is 0 Å². The van der Waals surface area contributed by atoms with Crippen LogP contribution in [0.5, 0.6) is 0 Å². The Bertz CT molecular complexity index is 256. The molecule has 0 saturated heterocycles. The summed E-state index contributed by atoms with van der Waals surface area (Å²) in [6.45, 7) is 2.05. The summed E-state index contributed by atoms with van der Waals surface area (Å²) in [5.41, 5.74) is 8.26. The number of rotatable bonds is 1. The first-order chi connectivity index (χ1) is 4.70. The first-order valence-corrected chi connectivity index (χ1v) is 3.27. The quantitative estimate of drug-likeness (QED) is 0.492. The lowest BCUT2D eigenvalue weighted by Gasteiger charge is -2.11. The number of hydrogen-bond donors (Lipinski definition) is 0. The molecule has 0 atom stereocenters. The molecule has 0 bridgehead atoms. The summed E-state index contributed by atoms with van der Waals surface area (Å²) < 4.78 is 0. The van der Waals surface area contributed by atoms with Gasteiger partial charge in [0.1, 0.15) is 0 Å². The van der Waals surface area contributed by atoms with Gasteiger partial charge in [0.2, 0.25) is 0 Å². The molecule has 10 heavy (non-hydrogen) atoms. The molecule has 0 fully saturated rings. The lowest BCUT2D eigenvalue weighted by Crippen LogP contribution is -2.08. The van der Waals surface area contributed by atoms with Crippen molar-refractivity contribution in [3.8, 4) is 0 Å². The third kappa shape index (κ3) is 1.41. The van der Waals surface area contributed by atoms with Crippen LogP contribution >= 0.6 is 0 Å². The lowest BCUT2D eigenvalue weighted by atomic mass is 10.2. The van der Waals surface area contributed by atoms with Gasteiger partial charge in [0.05, 0.1) is 5.70 Å². The summed E-state index contributed by atoms with van der Waals surface area (Å²) in [6, 6.07) is 0. The predicted octanol–water partition coefficient (Wildman–Crippen LogP) is 1.70. The normalized spacial score (nSPS) is 14.7. The van der Waals surface area contributed by atoms with E-state index in [-0.39, 0.29) is 0 Å². The van der Waals surface area contributed by atoms with Crippen molar-refractivity contribution in [1.82, 2.24) is 4.90 Å². The molecule has 0 heterocycles. The second-order valence-corrected chi connectivity index (χ2v) is 2.58. The fraction of sp³-hybridized carbons (Fsp3) is 0.333. The maximum absolute atomic E-state index is 3.01. The van der Waals surface area contributed by atoms with Gasteiger partial charge < -0.3 is 4.90 Å². The molecule has 0 aromatic heterocycles. The molecular formula is C9H11N. The number of allylic oxidation sites excluding steroid dienone is 3. The molecule has 1 nitrogen and oxygen atoms in total. The van der Waals surface area contributed by atoms with Crippen LogP contribution in [0, 0.1) is 0 Å². The third-order valence-electron chi connectivity index (χ3n) is 1.35. The number of likely N-dealkylation sites (N-methyl/N-ethyl adjacent to an activating group) is 1. The first kappa shape index (κ1) is 6.95. The molecule has 0 saturated carbocycles. The van der Waals surface area contributed by atoms with Crippen molar-refractivity contribution in [2.75, 3.05) is 14.1 Å². The number of hydrogen-bond acceptors (Lipinski definition) is 1. The maximum Gasteiger partial charge on any atom is 0.0880 e. The van der Waals surface area contributed by atoms with Gasteiger partial charge in [-0.3, -0.25) is 0 Å². The molecule has 52 valence electrons. The molecule has 0 N–H and O–H groups in total. The van der Waals surface area contributed by atoms with Crippen molar-refractivity contribution in [2.24, 2.45) is 0 Å². The highest BCUT2D eigenvalue weighted by atomic mass is 15.1. The van der Waals surface area contributed by atoms with E-state index in [9.17, 15) is 0 Å². The minimum absolute atomic E-state index is 1.08. The van der Waals surface area contributed by atoms with Crippen molar-refractivity contribution < 1.29 is 0 Å². The van der Waals surface area contributed by atoms with E-state index in [1.54, 1.807) is 0 Å². The fourth-order valence-electron chi connectivity index (χ4n) is 0.758. The minimum Gasteiger partial charge on any atom is -0.371 e. The van der Waals surface area contributed by atoms with Gasteiger partial charge in [-0.05, 0) is 30.4 Å². The van der Waals surface area contributed by atoms with Gasteiger partial charge in [0.15, 0.2) is 0 Å². The summed E-state index contributed by atoms with van der Waals surface area (Å²) in [7, 11) is 4.00. The van der Waals surface area contributed by atoms with E-state index >= 15 is 0 Å². The van der Waals surface area contributed by atoms with E-state index in [1.807, 2.05) is 25.1 Å². The fourth-order valence-corrected chi connectivity index (χ4v) is 0.758. The summed E-state index contributed by atoms with van der Waals surface area (Å²) >= 11 is 0. The van der Waals surface area contributed by atoms with Crippen LogP contribution in [0.3, 0.4) is 0 Å². The van der Waals surface area contributed by atoms with Crippen LogP contribution in [0.2, 0.25) is 0 Å². The Morgan fingerprint density at radius 2 is 2.10 bits per heavy atom. The smallest absolute Gasteiger partial charge is 0.0880 e. The van der Waals surface area contributed by atoms with Crippen molar-refractivity contribution in [3.63, 3.8) is 0 Å².